The summed E-state index contributed by atoms with van der Waals surface area (Å²) in [5.41, 5.74) is -0.510. The lowest BCUT2D eigenvalue weighted by Crippen LogP contribution is -2.21. The minimum absolute atomic E-state index is 0.0830. The number of hydrogen-bond acceptors (Lipinski definition) is 8. The molecule has 2 aromatic rings. The molecule has 0 bridgehead atoms. The van der Waals surface area contributed by atoms with Gasteiger partial charge in [-0.2, -0.15) is 0 Å². The third kappa shape index (κ3) is 4.67. The molecule has 0 saturated heterocycles. The van der Waals surface area contributed by atoms with Crippen molar-refractivity contribution in [1.29, 1.82) is 0 Å². The van der Waals surface area contributed by atoms with E-state index in [2.05, 4.69) is 5.32 Å². The minimum atomic E-state index is -1.05. The Morgan fingerprint density at radius 2 is 1.61 bits per heavy atom. The Balaban J connectivity index is 2.14. The third-order valence-corrected chi connectivity index (χ3v) is 3.63. The normalized spacial score (nSPS) is 9.96. The van der Waals surface area contributed by atoms with Crippen LogP contribution in [0, 0.1) is 10.1 Å². The summed E-state index contributed by atoms with van der Waals surface area (Å²) in [5.74, 6) is -1.07. The number of carbonyl (C=O) groups is 2. The number of benzene rings is 2. The van der Waals surface area contributed by atoms with Crippen molar-refractivity contribution in [2.24, 2.45) is 0 Å². The van der Waals surface area contributed by atoms with Gasteiger partial charge in [-0.05, 0) is 12.1 Å². The lowest BCUT2D eigenvalue weighted by atomic mass is 10.1. The van der Waals surface area contributed by atoms with Crippen LogP contribution in [0.5, 0.6) is 17.2 Å². The maximum atomic E-state index is 12.3. The van der Waals surface area contributed by atoms with Gasteiger partial charge in [-0.25, -0.2) is 4.79 Å². The molecule has 2 aromatic carbocycles. The first-order valence-electron chi connectivity index (χ1n) is 7.91. The van der Waals surface area contributed by atoms with E-state index in [0.29, 0.717) is 11.4 Å². The van der Waals surface area contributed by atoms with Gasteiger partial charge in [0, 0.05) is 6.07 Å². The maximum Gasteiger partial charge on any atom is 0.345 e. The van der Waals surface area contributed by atoms with E-state index in [-0.39, 0.29) is 17.1 Å². The molecule has 0 aliphatic rings. The van der Waals surface area contributed by atoms with E-state index in [1.807, 2.05) is 0 Å². The summed E-state index contributed by atoms with van der Waals surface area (Å²) in [6.45, 7) is -0.650. The summed E-state index contributed by atoms with van der Waals surface area (Å²) < 4.78 is 20.0. The first-order chi connectivity index (χ1) is 13.4. The Labute approximate surface area is 160 Å². The number of amides is 1. The van der Waals surface area contributed by atoms with Gasteiger partial charge in [-0.3, -0.25) is 14.9 Å². The number of nitro benzene ring substituents is 1. The summed E-state index contributed by atoms with van der Waals surface area (Å²) >= 11 is 0. The molecule has 10 heteroatoms. The van der Waals surface area contributed by atoms with Crippen molar-refractivity contribution in [1.82, 2.24) is 0 Å². The Morgan fingerprint density at radius 1 is 1.00 bits per heavy atom. The largest absolute Gasteiger partial charge is 0.495 e. The average Bonchev–Trinajstić information content (AvgIpc) is 2.71. The van der Waals surface area contributed by atoms with Crippen LogP contribution in [-0.4, -0.2) is 44.7 Å². The van der Waals surface area contributed by atoms with Crippen molar-refractivity contribution in [3.8, 4) is 17.2 Å². The molecule has 1 N–H and O–H groups in total. The van der Waals surface area contributed by atoms with Crippen molar-refractivity contribution in [3.05, 3.63) is 52.1 Å². The number of nitro groups is 1. The molecule has 0 atom stereocenters. The molecule has 0 unspecified atom stereocenters. The summed E-state index contributed by atoms with van der Waals surface area (Å²) in [6.07, 6.45) is 0. The Kier molecular flexibility index (Phi) is 6.74. The van der Waals surface area contributed by atoms with E-state index in [1.165, 1.54) is 21.3 Å². The predicted molar refractivity (Wildman–Crippen MR) is 98.1 cm³/mol. The van der Waals surface area contributed by atoms with Gasteiger partial charge in [-0.15, -0.1) is 0 Å². The van der Waals surface area contributed by atoms with E-state index in [9.17, 15) is 19.7 Å². The fraction of sp³-hybridized carbons (Fsp3) is 0.222. The SMILES string of the molecule is COc1ccccc1NC(=O)COC(=O)c1cc(OC)c(OC)cc1[N+](=O)[O-]. The molecule has 0 aliphatic carbocycles. The number of esters is 1. The van der Waals surface area contributed by atoms with Crippen molar-refractivity contribution < 1.29 is 33.5 Å². The van der Waals surface area contributed by atoms with Crippen molar-refractivity contribution in [2.75, 3.05) is 33.3 Å². The van der Waals surface area contributed by atoms with E-state index in [1.54, 1.807) is 24.3 Å². The highest BCUT2D eigenvalue weighted by Crippen LogP contribution is 2.34. The molecule has 0 aliphatic heterocycles. The zero-order chi connectivity index (χ0) is 20.7. The highest BCUT2D eigenvalue weighted by molar-refractivity contribution is 5.98. The number of ether oxygens (including phenoxy) is 4. The van der Waals surface area contributed by atoms with E-state index >= 15 is 0 Å². The Hall–Kier alpha value is -3.82. The number of para-hydroxylation sites is 2. The van der Waals surface area contributed by atoms with Crippen molar-refractivity contribution in [2.45, 2.75) is 0 Å². The van der Waals surface area contributed by atoms with Crippen LogP contribution in [0.15, 0.2) is 36.4 Å². The van der Waals surface area contributed by atoms with E-state index < -0.39 is 29.1 Å². The number of nitrogens with one attached hydrogen (secondary N) is 1. The monoisotopic (exact) mass is 390 g/mol. The molecule has 0 spiro atoms. The van der Waals surface area contributed by atoms with Crippen LogP contribution in [-0.2, 0) is 9.53 Å². The number of carbonyl (C=O) groups excluding carboxylic acids is 2. The summed E-state index contributed by atoms with van der Waals surface area (Å²) in [6, 6.07) is 8.84. The Morgan fingerprint density at radius 3 is 2.21 bits per heavy atom. The van der Waals surface area contributed by atoms with E-state index in [4.69, 9.17) is 18.9 Å². The zero-order valence-electron chi connectivity index (χ0n) is 15.4. The second-order valence-electron chi connectivity index (χ2n) is 5.31. The molecule has 1 amide bonds. The number of methoxy groups -OCH3 is 3. The number of nitrogens with zero attached hydrogens (tertiary/aromatic N) is 1. The Bertz CT molecular complexity index is 897. The second-order valence-corrected chi connectivity index (χ2v) is 5.31. The summed E-state index contributed by atoms with van der Waals surface area (Å²) in [7, 11) is 4.07. The van der Waals surface area contributed by atoms with Gasteiger partial charge < -0.3 is 24.3 Å². The molecular weight excluding hydrogens is 372 g/mol. The van der Waals surface area contributed by atoms with Crippen molar-refractivity contribution >= 4 is 23.3 Å². The molecule has 0 fully saturated rings. The minimum Gasteiger partial charge on any atom is -0.495 e. The van der Waals surface area contributed by atoms with Gasteiger partial charge in [0.2, 0.25) is 0 Å². The van der Waals surface area contributed by atoms with Crippen LogP contribution < -0.4 is 19.5 Å². The maximum absolute atomic E-state index is 12.3. The predicted octanol–water partition coefficient (Wildman–Crippen LogP) is 2.42. The van der Waals surface area contributed by atoms with Gasteiger partial charge >= 0.3 is 5.97 Å². The van der Waals surface area contributed by atoms with Crippen LogP contribution >= 0.6 is 0 Å². The van der Waals surface area contributed by atoms with Gasteiger partial charge in [0.1, 0.15) is 11.3 Å². The average molecular weight is 390 g/mol. The lowest BCUT2D eigenvalue weighted by molar-refractivity contribution is -0.385. The fourth-order valence-electron chi connectivity index (χ4n) is 2.33. The fourth-order valence-corrected chi connectivity index (χ4v) is 2.33. The zero-order valence-corrected chi connectivity index (χ0v) is 15.4. The first-order valence-corrected chi connectivity index (χ1v) is 7.91. The molecule has 148 valence electrons. The molecule has 0 aromatic heterocycles. The van der Waals surface area contributed by atoms with Gasteiger partial charge in [0.05, 0.1) is 38.0 Å². The van der Waals surface area contributed by atoms with Crippen molar-refractivity contribution in [3.63, 3.8) is 0 Å². The highest BCUT2D eigenvalue weighted by Gasteiger charge is 2.26. The standard InChI is InChI=1S/C18H18N2O8/c1-25-14-7-5-4-6-12(14)19-17(21)10-28-18(22)11-8-15(26-2)16(27-3)9-13(11)20(23)24/h4-9H,10H2,1-3H3,(H,19,21). The third-order valence-electron chi connectivity index (χ3n) is 3.63. The van der Waals surface area contributed by atoms with Crippen LogP contribution in [0.3, 0.4) is 0 Å². The molecule has 2 rings (SSSR count). The first kappa shape index (κ1) is 20.5. The molecule has 10 nitrogen and oxygen atoms in total. The van der Waals surface area contributed by atoms with Crippen LogP contribution in [0.25, 0.3) is 0 Å². The smallest absolute Gasteiger partial charge is 0.345 e. The number of rotatable bonds is 8. The highest BCUT2D eigenvalue weighted by atomic mass is 16.6. The number of hydrogen-bond donors (Lipinski definition) is 1. The quantitative estimate of drug-likeness (QED) is 0.414. The summed E-state index contributed by atoms with van der Waals surface area (Å²) in [4.78, 5) is 34.8. The molecule has 0 saturated carbocycles. The van der Waals surface area contributed by atoms with Crippen LogP contribution in [0.2, 0.25) is 0 Å². The van der Waals surface area contributed by atoms with Gasteiger partial charge in [0.25, 0.3) is 11.6 Å². The van der Waals surface area contributed by atoms with Crippen LogP contribution in [0.4, 0.5) is 11.4 Å². The van der Waals surface area contributed by atoms with Gasteiger partial charge in [-0.1, -0.05) is 12.1 Å². The molecule has 28 heavy (non-hydrogen) atoms. The number of anilines is 1. The molecule has 0 radical (unpaired) electrons. The van der Waals surface area contributed by atoms with Crippen LogP contribution in [0.1, 0.15) is 10.4 Å². The van der Waals surface area contributed by atoms with E-state index in [0.717, 1.165) is 12.1 Å². The van der Waals surface area contributed by atoms with Gasteiger partial charge in [0.15, 0.2) is 18.1 Å². The molecule has 0 heterocycles. The summed E-state index contributed by atoms with van der Waals surface area (Å²) in [5, 5.41) is 13.8. The molecular formula is C18H18N2O8. The topological polar surface area (TPSA) is 126 Å². The second kappa shape index (κ2) is 9.21. The lowest BCUT2D eigenvalue weighted by Gasteiger charge is -2.11.